The summed E-state index contributed by atoms with van der Waals surface area (Å²) in [5, 5.41) is 8.69. The van der Waals surface area contributed by atoms with Gasteiger partial charge in [-0.25, -0.2) is 0 Å². The van der Waals surface area contributed by atoms with Gasteiger partial charge in [0.05, 0.1) is 12.1 Å². The molecule has 1 fully saturated rings. The van der Waals surface area contributed by atoms with Gasteiger partial charge in [-0.15, -0.1) is 11.3 Å². The van der Waals surface area contributed by atoms with Crippen molar-refractivity contribution < 1.29 is 4.79 Å². The normalized spacial score (nSPS) is 16.6. The van der Waals surface area contributed by atoms with Crippen LogP contribution in [-0.4, -0.2) is 18.0 Å². The highest BCUT2D eigenvalue weighted by molar-refractivity contribution is 7.10. The lowest BCUT2D eigenvalue weighted by molar-refractivity contribution is -0.123. The number of amides is 1. The summed E-state index contributed by atoms with van der Waals surface area (Å²) in [5.41, 5.74) is 2.58. The van der Waals surface area contributed by atoms with Crippen LogP contribution in [0.15, 0.2) is 41.8 Å². The highest BCUT2D eigenvalue weighted by Gasteiger charge is 2.27. The molecule has 0 radical (unpaired) electrons. The van der Waals surface area contributed by atoms with E-state index < -0.39 is 0 Å². The molecule has 3 nitrogen and oxygen atoms in total. The first-order chi connectivity index (χ1) is 11.7. The Balaban J connectivity index is 1.74. The third-order valence-electron chi connectivity index (χ3n) is 4.41. The summed E-state index contributed by atoms with van der Waals surface area (Å²) in [7, 11) is 0. The van der Waals surface area contributed by atoms with Crippen molar-refractivity contribution in [2.45, 2.75) is 57.7 Å². The van der Waals surface area contributed by atoms with Gasteiger partial charge in [0.2, 0.25) is 5.91 Å². The molecule has 1 heterocycles. The van der Waals surface area contributed by atoms with Crippen molar-refractivity contribution in [1.82, 2.24) is 10.6 Å². The molecule has 2 N–H and O–H groups in total. The maximum Gasteiger partial charge on any atom is 0.237 e. The minimum absolute atomic E-state index is 0.0561. The lowest BCUT2D eigenvalue weighted by Gasteiger charge is -2.23. The number of nitrogens with one attached hydrogen (secondary N) is 2. The predicted molar refractivity (Wildman–Crippen MR) is 100 cm³/mol. The van der Waals surface area contributed by atoms with Gasteiger partial charge in [-0.1, -0.05) is 43.7 Å². The Labute approximate surface area is 148 Å². The second-order valence-electron chi connectivity index (χ2n) is 6.61. The van der Waals surface area contributed by atoms with Crippen molar-refractivity contribution in [2.75, 3.05) is 0 Å². The molecule has 128 valence electrons. The standard InChI is InChI=1S/C20H26N2OS/c1-3-5-15-7-9-16(10-8-15)19(18-6-4-13-24-18)21-14(2)20(23)22-17-11-12-17/h4,6-10,13-14,17,19,21H,3,5,11-12H2,1-2H3,(H,22,23)/t14-,19+/m0/s1. The van der Waals surface area contributed by atoms with E-state index in [1.807, 2.05) is 6.92 Å². The monoisotopic (exact) mass is 342 g/mol. The molecule has 2 atom stereocenters. The first kappa shape index (κ1) is 17.2. The molecular weight excluding hydrogens is 316 g/mol. The maximum absolute atomic E-state index is 12.3. The highest BCUT2D eigenvalue weighted by atomic mass is 32.1. The second kappa shape index (κ2) is 7.95. The molecular formula is C20H26N2OS. The minimum Gasteiger partial charge on any atom is -0.352 e. The molecule has 1 aliphatic carbocycles. The molecule has 1 aromatic heterocycles. The Bertz CT molecular complexity index is 647. The summed E-state index contributed by atoms with van der Waals surface area (Å²) in [6.07, 6.45) is 4.50. The second-order valence-corrected chi connectivity index (χ2v) is 7.59. The predicted octanol–water partition coefficient (Wildman–Crippen LogP) is 4.05. The van der Waals surface area contributed by atoms with Crippen LogP contribution >= 0.6 is 11.3 Å². The van der Waals surface area contributed by atoms with Crippen molar-refractivity contribution in [3.05, 3.63) is 57.8 Å². The van der Waals surface area contributed by atoms with Gasteiger partial charge in [0, 0.05) is 10.9 Å². The van der Waals surface area contributed by atoms with E-state index >= 15 is 0 Å². The molecule has 0 saturated heterocycles. The molecule has 0 bridgehead atoms. The fraction of sp³-hybridized carbons (Fsp3) is 0.450. The smallest absolute Gasteiger partial charge is 0.237 e. The number of thiophene rings is 1. The van der Waals surface area contributed by atoms with E-state index in [0.29, 0.717) is 6.04 Å². The van der Waals surface area contributed by atoms with E-state index in [4.69, 9.17) is 0 Å². The lowest BCUT2D eigenvalue weighted by atomic mass is 10.0. The quantitative estimate of drug-likeness (QED) is 0.760. The maximum atomic E-state index is 12.3. The zero-order chi connectivity index (χ0) is 16.9. The largest absolute Gasteiger partial charge is 0.352 e. The van der Waals surface area contributed by atoms with Crippen LogP contribution in [0, 0.1) is 0 Å². The van der Waals surface area contributed by atoms with Crippen molar-refractivity contribution in [2.24, 2.45) is 0 Å². The average molecular weight is 343 g/mol. The van der Waals surface area contributed by atoms with Crippen LogP contribution in [0.2, 0.25) is 0 Å². The summed E-state index contributed by atoms with van der Waals surface area (Å²) < 4.78 is 0. The van der Waals surface area contributed by atoms with E-state index in [-0.39, 0.29) is 18.0 Å². The molecule has 1 amide bonds. The van der Waals surface area contributed by atoms with Crippen molar-refractivity contribution in [3.8, 4) is 0 Å². The van der Waals surface area contributed by atoms with Crippen LogP contribution in [0.4, 0.5) is 0 Å². The van der Waals surface area contributed by atoms with Gasteiger partial charge in [-0.05, 0) is 48.8 Å². The number of hydrogen-bond acceptors (Lipinski definition) is 3. The number of rotatable bonds is 8. The van der Waals surface area contributed by atoms with Crippen molar-refractivity contribution in [1.29, 1.82) is 0 Å². The van der Waals surface area contributed by atoms with Gasteiger partial charge in [-0.3, -0.25) is 10.1 Å². The summed E-state index contributed by atoms with van der Waals surface area (Å²) in [5.74, 6) is 0.0988. The van der Waals surface area contributed by atoms with Gasteiger partial charge >= 0.3 is 0 Å². The summed E-state index contributed by atoms with van der Waals surface area (Å²) in [4.78, 5) is 13.5. The van der Waals surface area contributed by atoms with E-state index in [1.54, 1.807) is 11.3 Å². The fourth-order valence-corrected chi connectivity index (χ4v) is 3.65. The van der Waals surface area contributed by atoms with E-state index in [1.165, 1.54) is 16.0 Å². The zero-order valence-electron chi connectivity index (χ0n) is 14.4. The number of benzene rings is 1. The number of hydrogen-bond donors (Lipinski definition) is 2. The zero-order valence-corrected chi connectivity index (χ0v) is 15.2. The van der Waals surface area contributed by atoms with Crippen LogP contribution in [0.5, 0.6) is 0 Å². The summed E-state index contributed by atoms with van der Waals surface area (Å²) in [6.45, 7) is 4.15. The molecule has 0 aliphatic heterocycles. The summed E-state index contributed by atoms with van der Waals surface area (Å²) in [6, 6.07) is 13.2. The van der Waals surface area contributed by atoms with Gasteiger partial charge < -0.3 is 5.32 Å². The van der Waals surface area contributed by atoms with Gasteiger partial charge in [0.15, 0.2) is 0 Å². The SMILES string of the molecule is CCCc1ccc([C@@H](N[C@@H](C)C(=O)NC2CC2)c2cccs2)cc1. The minimum atomic E-state index is -0.215. The van der Waals surface area contributed by atoms with E-state index in [2.05, 4.69) is 59.3 Å². The Morgan fingerprint density at radius 1 is 1.25 bits per heavy atom. The molecule has 4 heteroatoms. The Hall–Kier alpha value is -1.65. The highest BCUT2D eigenvalue weighted by Crippen LogP contribution is 2.27. The first-order valence-electron chi connectivity index (χ1n) is 8.86. The Kier molecular flexibility index (Phi) is 5.69. The lowest BCUT2D eigenvalue weighted by Crippen LogP contribution is -2.44. The Morgan fingerprint density at radius 2 is 2.00 bits per heavy atom. The van der Waals surface area contributed by atoms with Crippen LogP contribution < -0.4 is 10.6 Å². The number of aryl methyl sites for hydroxylation is 1. The van der Waals surface area contributed by atoms with Gasteiger partial charge in [-0.2, -0.15) is 0 Å². The third kappa shape index (κ3) is 4.46. The van der Waals surface area contributed by atoms with Crippen LogP contribution in [-0.2, 0) is 11.2 Å². The van der Waals surface area contributed by atoms with Crippen molar-refractivity contribution in [3.63, 3.8) is 0 Å². The average Bonchev–Trinajstić information content (AvgIpc) is 3.23. The molecule has 2 aromatic rings. The molecule has 1 saturated carbocycles. The molecule has 1 aliphatic rings. The van der Waals surface area contributed by atoms with Gasteiger partial charge in [0.25, 0.3) is 0 Å². The van der Waals surface area contributed by atoms with Crippen molar-refractivity contribution >= 4 is 17.2 Å². The van der Waals surface area contributed by atoms with E-state index in [0.717, 1.165) is 25.7 Å². The van der Waals surface area contributed by atoms with Crippen LogP contribution in [0.3, 0.4) is 0 Å². The van der Waals surface area contributed by atoms with Crippen LogP contribution in [0.1, 0.15) is 55.2 Å². The molecule has 0 unspecified atom stereocenters. The van der Waals surface area contributed by atoms with Gasteiger partial charge in [0.1, 0.15) is 0 Å². The first-order valence-corrected chi connectivity index (χ1v) is 9.74. The van der Waals surface area contributed by atoms with E-state index in [9.17, 15) is 4.79 Å². The molecule has 0 spiro atoms. The fourth-order valence-electron chi connectivity index (χ4n) is 2.84. The Morgan fingerprint density at radius 3 is 2.58 bits per heavy atom. The number of carbonyl (C=O) groups is 1. The molecule has 24 heavy (non-hydrogen) atoms. The third-order valence-corrected chi connectivity index (χ3v) is 5.35. The number of carbonyl (C=O) groups excluding carboxylic acids is 1. The summed E-state index contributed by atoms with van der Waals surface area (Å²) >= 11 is 1.73. The van der Waals surface area contributed by atoms with Crippen LogP contribution in [0.25, 0.3) is 0 Å². The molecule has 3 rings (SSSR count). The molecule has 1 aromatic carbocycles. The topological polar surface area (TPSA) is 41.1 Å².